The van der Waals surface area contributed by atoms with Crippen LogP contribution in [0.2, 0.25) is 0 Å². The SMILES string of the molecule is S=C(N/N=C/c1ccccn1)N1CCCCC1.[Cl][Cu][Cl]. The van der Waals surface area contributed by atoms with Crippen LogP contribution in [0.25, 0.3) is 0 Å². The monoisotopic (exact) mass is 381 g/mol. The van der Waals surface area contributed by atoms with Gasteiger partial charge in [-0.2, -0.15) is 5.10 Å². The van der Waals surface area contributed by atoms with E-state index in [1.807, 2.05) is 18.2 Å². The van der Waals surface area contributed by atoms with Crippen molar-refractivity contribution >= 4 is 43.7 Å². The van der Waals surface area contributed by atoms with Gasteiger partial charge in [0.1, 0.15) is 0 Å². The fourth-order valence-corrected chi connectivity index (χ4v) is 2.01. The molecular formula is C12H16Cl2CuN4S. The van der Waals surface area contributed by atoms with Crippen molar-refractivity contribution in [2.45, 2.75) is 19.3 Å². The Morgan fingerprint density at radius 2 is 2.05 bits per heavy atom. The Hall–Kier alpha value is -0.391. The second kappa shape index (κ2) is 11.3. The molecule has 1 aliphatic rings. The van der Waals surface area contributed by atoms with Crippen molar-refractivity contribution in [2.75, 3.05) is 13.1 Å². The molecule has 0 spiro atoms. The van der Waals surface area contributed by atoms with E-state index in [1.165, 1.54) is 19.3 Å². The van der Waals surface area contributed by atoms with Crippen molar-refractivity contribution in [1.82, 2.24) is 15.3 Å². The van der Waals surface area contributed by atoms with Crippen LogP contribution in [0.5, 0.6) is 0 Å². The number of piperidine rings is 1. The molecule has 1 aromatic rings. The quantitative estimate of drug-likeness (QED) is 0.369. The van der Waals surface area contributed by atoms with Crippen LogP contribution >= 0.6 is 32.4 Å². The van der Waals surface area contributed by atoms with E-state index in [4.69, 9.17) is 12.2 Å². The standard InChI is InChI=1S/C12H16N4S.2ClH.Cu/c17-12(16-8-4-1-5-9-16)15-14-10-11-6-2-3-7-13-11;;;/h2-3,6-7,10H,1,4-5,8-9H2,(H,15,17);2*1H;/q;;;+2/p-2/b14-10+;;;. The minimum absolute atomic E-state index is 0.705. The summed E-state index contributed by atoms with van der Waals surface area (Å²) >= 11 is 6.03. The molecule has 1 saturated heterocycles. The molecule has 0 radical (unpaired) electrons. The Morgan fingerprint density at radius 3 is 2.65 bits per heavy atom. The predicted molar refractivity (Wildman–Crippen MR) is 84.7 cm³/mol. The molecule has 1 aliphatic heterocycles. The number of rotatable bonds is 2. The van der Waals surface area contributed by atoms with Crippen LogP contribution in [0, 0.1) is 0 Å². The third-order valence-electron chi connectivity index (χ3n) is 2.69. The molecule has 1 aromatic heterocycles. The average molecular weight is 383 g/mol. The number of aromatic nitrogens is 1. The Balaban J connectivity index is 0.000000612. The second-order valence-corrected chi connectivity index (χ2v) is 5.96. The third kappa shape index (κ3) is 7.41. The van der Waals surface area contributed by atoms with Gasteiger partial charge in [0, 0.05) is 19.3 Å². The molecule has 0 bridgehead atoms. The van der Waals surface area contributed by atoms with Gasteiger partial charge in [0.05, 0.1) is 11.9 Å². The van der Waals surface area contributed by atoms with Crippen LogP contribution < -0.4 is 5.43 Å². The first-order valence-electron chi connectivity index (χ1n) is 6.08. The van der Waals surface area contributed by atoms with Crippen LogP contribution in [0.3, 0.4) is 0 Å². The Bertz CT molecular complexity index is 413. The van der Waals surface area contributed by atoms with Gasteiger partial charge in [-0.1, -0.05) is 6.07 Å². The fourth-order valence-electron chi connectivity index (χ4n) is 1.77. The summed E-state index contributed by atoms with van der Waals surface area (Å²) < 4.78 is 0. The zero-order valence-electron chi connectivity index (χ0n) is 10.7. The van der Waals surface area contributed by atoms with Crippen LogP contribution in [0.15, 0.2) is 29.5 Å². The van der Waals surface area contributed by atoms with Gasteiger partial charge in [-0.15, -0.1) is 0 Å². The summed E-state index contributed by atoms with van der Waals surface area (Å²) in [5.41, 5.74) is 3.71. The van der Waals surface area contributed by atoms with E-state index in [0.717, 1.165) is 31.9 Å². The molecule has 2 rings (SSSR count). The summed E-state index contributed by atoms with van der Waals surface area (Å²) in [7, 11) is 9.34. The van der Waals surface area contributed by atoms with E-state index in [0.29, 0.717) is 5.11 Å². The predicted octanol–water partition coefficient (Wildman–Crippen LogP) is 3.15. The number of nitrogens with one attached hydrogen (secondary N) is 1. The van der Waals surface area contributed by atoms with Crippen molar-refractivity contribution in [2.24, 2.45) is 5.10 Å². The first kappa shape index (κ1) is 17.7. The summed E-state index contributed by atoms with van der Waals surface area (Å²) in [6.07, 6.45) is 7.15. The molecule has 2 heterocycles. The normalized spacial score (nSPS) is 14.8. The van der Waals surface area contributed by atoms with Gasteiger partial charge in [0.2, 0.25) is 0 Å². The Kier molecular flexibility index (Phi) is 9.97. The third-order valence-corrected chi connectivity index (χ3v) is 3.04. The number of pyridine rings is 1. The number of thiocarbonyl (C=S) groups is 1. The zero-order valence-corrected chi connectivity index (χ0v) is 14.0. The van der Waals surface area contributed by atoms with E-state index in [9.17, 15) is 0 Å². The van der Waals surface area contributed by atoms with E-state index in [1.54, 1.807) is 12.4 Å². The minimum atomic E-state index is 0.705. The van der Waals surface area contributed by atoms with Crippen molar-refractivity contribution in [1.29, 1.82) is 0 Å². The summed E-state index contributed by atoms with van der Waals surface area (Å²) in [6.45, 7) is 2.07. The molecule has 1 fully saturated rings. The van der Waals surface area contributed by atoms with Crippen LogP contribution in [-0.4, -0.2) is 34.3 Å². The number of nitrogens with zero attached hydrogens (tertiary/aromatic N) is 3. The number of halogens is 2. The van der Waals surface area contributed by atoms with Crippen LogP contribution in [0.4, 0.5) is 0 Å². The van der Waals surface area contributed by atoms with Crippen LogP contribution in [-0.2, 0) is 13.1 Å². The Morgan fingerprint density at radius 1 is 1.35 bits per heavy atom. The number of hydrogen-bond donors (Lipinski definition) is 1. The molecule has 0 amide bonds. The van der Waals surface area contributed by atoms with Crippen molar-refractivity contribution in [3.63, 3.8) is 0 Å². The topological polar surface area (TPSA) is 40.5 Å². The van der Waals surface area contributed by atoms with Gasteiger partial charge in [-0.3, -0.25) is 10.4 Å². The van der Waals surface area contributed by atoms with Gasteiger partial charge in [-0.25, -0.2) is 0 Å². The molecule has 1 N–H and O–H groups in total. The first-order valence-corrected chi connectivity index (χ1v) is 9.08. The molecular weight excluding hydrogens is 367 g/mol. The van der Waals surface area contributed by atoms with E-state index < -0.39 is 0 Å². The van der Waals surface area contributed by atoms with Crippen LogP contribution in [0.1, 0.15) is 25.0 Å². The summed E-state index contributed by atoms with van der Waals surface area (Å²) in [6, 6.07) is 5.70. The first-order chi connectivity index (χ1) is 9.77. The fraction of sp³-hybridized carbons (Fsp3) is 0.417. The summed E-state index contributed by atoms with van der Waals surface area (Å²) in [4.78, 5) is 6.30. The van der Waals surface area contributed by atoms with Gasteiger partial charge >= 0.3 is 33.3 Å². The number of hydrazone groups is 1. The number of likely N-dealkylation sites (tertiary alicyclic amines) is 1. The van der Waals surface area contributed by atoms with Gasteiger partial charge in [0.15, 0.2) is 5.11 Å². The molecule has 0 saturated carbocycles. The molecule has 8 heteroatoms. The number of hydrogen-bond acceptors (Lipinski definition) is 3. The summed E-state index contributed by atoms with van der Waals surface area (Å²) in [5.74, 6) is 0. The van der Waals surface area contributed by atoms with Gasteiger partial charge in [0.25, 0.3) is 0 Å². The molecule has 4 nitrogen and oxygen atoms in total. The second-order valence-electron chi connectivity index (χ2n) is 4.02. The molecule has 0 aliphatic carbocycles. The van der Waals surface area contributed by atoms with Gasteiger partial charge in [-0.05, 0) is 43.6 Å². The van der Waals surface area contributed by atoms with Crippen molar-refractivity contribution < 1.29 is 13.1 Å². The zero-order chi connectivity index (χ0) is 14.6. The molecule has 115 valence electrons. The maximum atomic E-state index is 5.27. The molecule has 20 heavy (non-hydrogen) atoms. The Labute approximate surface area is 139 Å². The maximum absolute atomic E-state index is 5.27. The molecule has 0 unspecified atom stereocenters. The van der Waals surface area contributed by atoms with Crippen molar-refractivity contribution in [3.05, 3.63) is 30.1 Å². The van der Waals surface area contributed by atoms with Gasteiger partial charge < -0.3 is 4.90 Å². The van der Waals surface area contributed by atoms with E-state index in [2.05, 4.69) is 40.6 Å². The van der Waals surface area contributed by atoms with E-state index >= 15 is 0 Å². The van der Waals surface area contributed by atoms with Crippen molar-refractivity contribution in [3.8, 4) is 0 Å². The van der Waals surface area contributed by atoms with E-state index in [-0.39, 0.29) is 0 Å². The molecule has 0 atom stereocenters. The summed E-state index contributed by atoms with van der Waals surface area (Å²) in [5, 5.41) is 4.80. The molecule has 0 aromatic carbocycles. The average Bonchev–Trinajstić information content (AvgIpc) is 2.50.